The molecular weight excluding hydrogens is 615 g/mol. The molecule has 2 aliphatic rings. The quantitative estimate of drug-likeness (QED) is 0.173. The van der Waals surface area contributed by atoms with Gasteiger partial charge in [-0.05, 0) is 132 Å². The highest BCUT2D eigenvalue weighted by molar-refractivity contribution is 6.21. The van der Waals surface area contributed by atoms with E-state index in [1.165, 1.54) is 82.4 Å². The summed E-state index contributed by atoms with van der Waals surface area (Å²) in [6.45, 7) is 2.15. The van der Waals surface area contributed by atoms with Crippen molar-refractivity contribution in [2.75, 3.05) is 4.90 Å². The molecule has 51 heavy (non-hydrogen) atoms. The highest BCUT2D eigenvalue weighted by Gasteiger charge is 2.53. The standard InChI is InChI=1S/C50H33N/c1-32-23-25-36(26-24-32)51(35-15-3-2-4-16-35)37-27-28-42-43(31-37)38-17-7-8-20-41(38)48-44-29-33-13-5-6-14-34(33)30-47(44)50(49(42)48)45-21-11-9-18-39(45)40-19-10-12-22-46(40)50/h2-31H,1H3. The van der Waals surface area contributed by atoms with E-state index in [1.54, 1.807) is 0 Å². The topological polar surface area (TPSA) is 3.24 Å². The SMILES string of the molecule is Cc1ccc(N(c2ccccc2)c2ccc3c4c(c5ccccc5c3c2)-c2cc3ccccc3cc2C42c3ccccc3-c3ccccc32)cc1. The minimum atomic E-state index is -0.457. The molecule has 0 saturated carbocycles. The Hall–Kier alpha value is -6.44. The van der Waals surface area contributed by atoms with Crippen LogP contribution in [0.3, 0.4) is 0 Å². The summed E-state index contributed by atoms with van der Waals surface area (Å²) >= 11 is 0. The van der Waals surface area contributed by atoms with Crippen molar-refractivity contribution in [3.63, 3.8) is 0 Å². The first-order valence-corrected chi connectivity index (χ1v) is 17.9. The molecule has 0 fully saturated rings. The lowest BCUT2D eigenvalue weighted by Crippen LogP contribution is -2.26. The van der Waals surface area contributed by atoms with Gasteiger partial charge in [-0.25, -0.2) is 0 Å². The van der Waals surface area contributed by atoms with Crippen molar-refractivity contribution in [1.29, 1.82) is 0 Å². The zero-order valence-corrected chi connectivity index (χ0v) is 28.3. The molecule has 1 nitrogen and oxygen atoms in total. The van der Waals surface area contributed by atoms with E-state index >= 15 is 0 Å². The van der Waals surface area contributed by atoms with E-state index in [4.69, 9.17) is 0 Å². The van der Waals surface area contributed by atoms with Gasteiger partial charge in [-0.3, -0.25) is 0 Å². The number of benzene rings is 9. The third-order valence-electron chi connectivity index (χ3n) is 11.5. The summed E-state index contributed by atoms with van der Waals surface area (Å²) in [6, 6.07) is 67.9. The molecule has 0 heterocycles. The van der Waals surface area contributed by atoms with Crippen LogP contribution in [0.25, 0.3) is 54.6 Å². The van der Waals surface area contributed by atoms with Gasteiger partial charge in [0.25, 0.3) is 0 Å². The molecule has 238 valence electrons. The van der Waals surface area contributed by atoms with Gasteiger partial charge >= 0.3 is 0 Å². The number of fused-ring (bicyclic) bond motifs is 16. The fraction of sp³-hybridized carbons (Fsp3) is 0.0400. The molecule has 1 heteroatoms. The second-order valence-electron chi connectivity index (χ2n) is 14.1. The third-order valence-corrected chi connectivity index (χ3v) is 11.5. The summed E-state index contributed by atoms with van der Waals surface area (Å²) in [4.78, 5) is 2.39. The highest BCUT2D eigenvalue weighted by Crippen LogP contribution is 2.66. The maximum atomic E-state index is 2.49. The molecule has 0 N–H and O–H groups in total. The molecule has 0 aliphatic heterocycles. The van der Waals surface area contributed by atoms with Crippen LogP contribution < -0.4 is 4.90 Å². The van der Waals surface area contributed by atoms with E-state index in [2.05, 4.69) is 194 Å². The van der Waals surface area contributed by atoms with Crippen molar-refractivity contribution in [2.45, 2.75) is 12.3 Å². The predicted molar refractivity (Wildman–Crippen MR) is 215 cm³/mol. The van der Waals surface area contributed by atoms with Crippen LogP contribution in [-0.2, 0) is 5.41 Å². The van der Waals surface area contributed by atoms with Crippen molar-refractivity contribution in [3.8, 4) is 22.3 Å². The van der Waals surface area contributed by atoms with E-state index in [1.807, 2.05) is 0 Å². The Morgan fingerprint density at radius 1 is 0.373 bits per heavy atom. The molecule has 2 aliphatic carbocycles. The minimum absolute atomic E-state index is 0.457. The smallest absolute Gasteiger partial charge is 0.0731 e. The summed E-state index contributed by atoms with van der Waals surface area (Å²) in [6.07, 6.45) is 0. The van der Waals surface area contributed by atoms with Crippen molar-refractivity contribution in [2.24, 2.45) is 0 Å². The fourth-order valence-electron chi connectivity index (χ4n) is 9.39. The van der Waals surface area contributed by atoms with Gasteiger partial charge in [-0.2, -0.15) is 0 Å². The number of para-hydroxylation sites is 1. The summed E-state index contributed by atoms with van der Waals surface area (Å²) in [5, 5.41) is 7.70. The van der Waals surface area contributed by atoms with Crippen molar-refractivity contribution >= 4 is 49.4 Å². The molecule has 9 aromatic rings. The van der Waals surface area contributed by atoms with Crippen LogP contribution in [0.15, 0.2) is 182 Å². The zero-order chi connectivity index (χ0) is 33.7. The molecule has 0 atom stereocenters. The third kappa shape index (κ3) is 3.81. The van der Waals surface area contributed by atoms with Crippen LogP contribution in [0.1, 0.15) is 27.8 Å². The number of anilines is 3. The van der Waals surface area contributed by atoms with E-state index in [-0.39, 0.29) is 0 Å². The summed E-state index contributed by atoms with van der Waals surface area (Å²) in [5.74, 6) is 0. The maximum Gasteiger partial charge on any atom is 0.0731 e. The van der Waals surface area contributed by atoms with E-state index in [0.29, 0.717) is 0 Å². The van der Waals surface area contributed by atoms with Crippen LogP contribution in [0.5, 0.6) is 0 Å². The molecule has 0 amide bonds. The van der Waals surface area contributed by atoms with E-state index < -0.39 is 5.41 Å². The Balaban J connectivity index is 1.30. The Labute approximate surface area is 297 Å². The van der Waals surface area contributed by atoms with Crippen LogP contribution in [-0.4, -0.2) is 0 Å². The monoisotopic (exact) mass is 647 g/mol. The molecule has 0 radical (unpaired) electrons. The predicted octanol–water partition coefficient (Wildman–Crippen LogP) is 13.3. The first kappa shape index (κ1) is 28.4. The Morgan fingerprint density at radius 3 is 1.67 bits per heavy atom. The van der Waals surface area contributed by atoms with Gasteiger partial charge in [-0.1, -0.05) is 139 Å². The molecular formula is C50H33N. The van der Waals surface area contributed by atoms with Crippen LogP contribution in [0, 0.1) is 6.92 Å². The van der Waals surface area contributed by atoms with Gasteiger partial charge < -0.3 is 4.90 Å². The van der Waals surface area contributed by atoms with Gasteiger partial charge in [0.15, 0.2) is 0 Å². The summed E-state index contributed by atoms with van der Waals surface area (Å²) in [7, 11) is 0. The first-order valence-electron chi connectivity index (χ1n) is 17.9. The van der Waals surface area contributed by atoms with Gasteiger partial charge in [0.05, 0.1) is 5.41 Å². The second-order valence-corrected chi connectivity index (χ2v) is 14.1. The lowest BCUT2D eigenvalue weighted by Gasteiger charge is -2.32. The Morgan fingerprint density at radius 2 is 0.941 bits per heavy atom. The number of hydrogen-bond acceptors (Lipinski definition) is 1. The minimum Gasteiger partial charge on any atom is -0.310 e. The second kappa shape index (κ2) is 10.5. The van der Waals surface area contributed by atoms with Gasteiger partial charge in [0, 0.05) is 17.1 Å². The maximum absolute atomic E-state index is 2.49. The van der Waals surface area contributed by atoms with Gasteiger partial charge in [-0.15, -0.1) is 0 Å². The largest absolute Gasteiger partial charge is 0.310 e. The summed E-state index contributed by atoms with van der Waals surface area (Å²) < 4.78 is 0. The lowest BCUT2D eigenvalue weighted by molar-refractivity contribution is 0.803. The first-order chi connectivity index (χ1) is 25.2. The highest BCUT2D eigenvalue weighted by atomic mass is 15.1. The zero-order valence-electron chi connectivity index (χ0n) is 28.3. The van der Waals surface area contributed by atoms with Crippen LogP contribution in [0.2, 0.25) is 0 Å². The fourth-order valence-corrected chi connectivity index (χ4v) is 9.39. The van der Waals surface area contributed by atoms with Crippen molar-refractivity contribution in [3.05, 3.63) is 210 Å². The number of aryl methyl sites for hydroxylation is 1. The van der Waals surface area contributed by atoms with Crippen molar-refractivity contribution in [1.82, 2.24) is 0 Å². The van der Waals surface area contributed by atoms with E-state index in [9.17, 15) is 0 Å². The van der Waals surface area contributed by atoms with Gasteiger partial charge in [0.2, 0.25) is 0 Å². The Bertz CT molecular complexity index is 2820. The molecule has 0 unspecified atom stereocenters. The van der Waals surface area contributed by atoms with E-state index in [0.717, 1.165) is 17.1 Å². The molecule has 1 spiro atoms. The lowest BCUT2D eigenvalue weighted by atomic mass is 9.69. The number of hydrogen-bond donors (Lipinski definition) is 0. The molecule has 11 rings (SSSR count). The van der Waals surface area contributed by atoms with Gasteiger partial charge in [0.1, 0.15) is 0 Å². The molecule has 0 aromatic heterocycles. The summed E-state index contributed by atoms with van der Waals surface area (Å²) in [5.41, 5.74) is 15.1. The van der Waals surface area contributed by atoms with Crippen molar-refractivity contribution < 1.29 is 0 Å². The normalized spacial score (nSPS) is 13.4. The Kier molecular flexibility index (Phi) is 5.86. The molecule has 9 aromatic carbocycles. The van der Waals surface area contributed by atoms with Crippen LogP contribution in [0.4, 0.5) is 17.1 Å². The number of nitrogens with zero attached hydrogens (tertiary/aromatic N) is 1. The molecule has 0 saturated heterocycles. The van der Waals surface area contributed by atoms with Crippen LogP contribution >= 0.6 is 0 Å². The number of rotatable bonds is 3. The molecule has 0 bridgehead atoms. The average molecular weight is 648 g/mol. The average Bonchev–Trinajstić information content (AvgIpc) is 3.65.